The number of carbonyl (C=O) groups excluding carboxylic acids is 2. The highest BCUT2D eigenvalue weighted by Gasteiger charge is 2.33. The number of amides is 1. The summed E-state index contributed by atoms with van der Waals surface area (Å²) in [6.07, 6.45) is 5.39. The van der Waals surface area contributed by atoms with Crippen molar-refractivity contribution in [3.63, 3.8) is 0 Å². The number of rotatable bonds is 8. The first kappa shape index (κ1) is 27.9. The van der Waals surface area contributed by atoms with Gasteiger partial charge in [-0.1, -0.05) is 18.9 Å². The molecule has 1 amide bonds. The molecule has 0 spiro atoms. The van der Waals surface area contributed by atoms with Crippen LogP contribution in [0, 0.1) is 12.7 Å². The molecule has 2 aliphatic rings. The predicted octanol–water partition coefficient (Wildman–Crippen LogP) is 7.56. The van der Waals surface area contributed by atoms with Crippen molar-refractivity contribution in [3.05, 3.63) is 52.3 Å². The predicted molar refractivity (Wildman–Crippen MR) is 145 cm³/mol. The fourth-order valence-corrected chi connectivity index (χ4v) is 5.50. The molecule has 0 unspecified atom stereocenters. The van der Waals surface area contributed by atoms with Gasteiger partial charge in [-0.15, -0.1) is 0 Å². The number of benzene rings is 2. The Balaban J connectivity index is 1.78. The molecule has 0 radical (unpaired) electrons. The molecule has 7 heteroatoms. The molecule has 0 bridgehead atoms. The second kappa shape index (κ2) is 11.3. The molecule has 0 aliphatic heterocycles. The maximum Gasteiger partial charge on any atom is 0.408 e. The van der Waals surface area contributed by atoms with E-state index in [0.717, 1.165) is 36.8 Å². The lowest BCUT2D eigenvalue weighted by atomic mass is 9.88. The van der Waals surface area contributed by atoms with Crippen molar-refractivity contribution in [1.29, 1.82) is 0 Å². The van der Waals surface area contributed by atoms with Crippen molar-refractivity contribution < 1.29 is 28.6 Å². The van der Waals surface area contributed by atoms with E-state index in [0.29, 0.717) is 22.6 Å². The van der Waals surface area contributed by atoms with Crippen LogP contribution < -0.4 is 5.32 Å². The Labute approximate surface area is 224 Å². The van der Waals surface area contributed by atoms with Crippen LogP contribution in [0.15, 0.2) is 24.3 Å². The van der Waals surface area contributed by atoms with Gasteiger partial charge in [0.15, 0.2) is 0 Å². The van der Waals surface area contributed by atoms with Crippen LogP contribution in [0.5, 0.6) is 5.75 Å². The van der Waals surface area contributed by atoms with Gasteiger partial charge >= 0.3 is 12.1 Å². The number of hydrogen-bond donors (Lipinski definition) is 2. The van der Waals surface area contributed by atoms with Crippen LogP contribution in [0.3, 0.4) is 0 Å². The monoisotopic (exact) mass is 525 g/mol. The molecule has 1 atom stereocenters. The van der Waals surface area contributed by atoms with Crippen LogP contribution in [0.25, 0.3) is 11.1 Å². The van der Waals surface area contributed by atoms with Crippen LogP contribution in [0.2, 0.25) is 0 Å². The van der Waals surface area contributed by atoms with Crippen molar-refractivity contribution in [2.75, 3.05) is 6.61 Å². The molecule has 2 saturated carbocycles. The summed E-state index contributed by atoms with van der Waals surface area (Å²) >= 11 is 0. The highest BCUT2D eigenvalue weighted by molar-refractivity contribution is 5.77. The summed E-state index contributed by atoms with van der Waals surface area (Å²) in [6, 6.07) is 6.41. The van der Waals surface area contributed by atoms with Crippen LogP contribution in [-0.4, -0.2) is 29.4 Å². The fraction of sp³-hybridized carbons (Fsp3) is 0.548. The minimum atomic E-state index is -0.999. The number of esters is 1. The van der Waals surface area contributed by atoms with E-state index in [1.165, 1.54) is 12.8 Å². The van der Waals surface area contributed by atoms with Crippen LogP contribution in [0.1, 0.15) is 113 Å². The third kappa shape index (κ3) is 6.66. The van der Waals surface area contributed by atoms with Gasteiger partial charge in [0.05, 0.1) is 19.1 Å². The van der Waals surface area contributed by atoms with Crippen molar-refractivity contribution in [1.82, 2.24) is 5.32 Å². The van der Waals surface area contributed by atoms with Crippen molar-refractivity contribution in [2.24, 2.45) is 0 Å². The second-order valence-corrected chi connectivity index (χ2v) is 11.7. The van der Waals surface area contributed by atoms with E-state index in [9.17, 15) is 14.7 Å². The first-order valence-electron chi connectivity index (χ1n) is 13.8. The summed E-state index contributed by atoms with van der Waals surface area (Å²) in [7, 11) is 0. The number of phenolic OH excluding ortho intramolecular Hbond substituents is 1. The molecule has 2 N–H and O–H groups in total. The number of carbonyl (C=O) groups is 2. The first-order chi connectivity index (χ1) is 18.0. The van der Waals surface area contributed by atoms with E-state index >= 15 is 4.39 Å². The number of ether oxygens (including phenoxy) is 2. The van der Waals surface area contributed by atoms with E-state index in [2.05, 4.69) is 11.4 Å². The van der Waals surface area contributed by atoms with Gasteiger partial charge in [-0.2, -0.15) is 0 Å². The number of phenols is 1. The topological polar surface area (TPSA) is 84.9 Å². The zero-order valence-electron chi connectivity index (χ0n) is 23.2. The molecule has 0 saturated heterocycles. The van der Waals surface area contributed by atoms with Gasteiger partial charge in [0, 0.05) is 11.1 Å². The molecule has 0 aromatic heterocycles. The number of hydrogen-bond acceptors (Lipinski definition) is 5. The summed E-state index contributed by atoms with van der Waals surface area (Å²) in [4.78, 5) is 25.2. The Morgan fingerprint density at radius 1 is 1.08 bits per heavy atom. The SMILES string of the molecule is CCOC(=O)C[C@H](NC(=O)OC(C)(C)C)c1cc(-c2c(C)cc(C3CCCC3)cc2O)cc(C2CC2)c1F. The van der Waals surface area contributed by atoms with Gasteiger partial charge in [0.25, 0.3) is 0 Å². The second-order valence-electron chi connectivity index (χ2n) is 11.7. The van der Waals surface area contributed by atoms with Crippen molar-refractivity contribution >= 4 is 12.1 Å². The average Bonchev–Trinajstić information content (AvgIpc) is 3.50. The lowest BCUT2D eigenvalue weighted by molar-refractivity contribution is -0.143. The number of alkyl carbamates (subject to hydrolysis) is 1. The average molecular weight is 526 g/mol. The van der Waals surface area contributed by atoms with Gasteiger partial charge in [-0.05, 0) is 113 Å². The molecule has 2 aromatic carbocycles. The van der Waals surface area contributed by atoms with Gasteiger partial charge < -0.3 is 19.9 Å². The Kier molecular flexibility index (Phi) is 8.34. The Hall–Kier alpha value is -3.09. The molecule has 0 heterocycles. The minimum Gasteiger partial charge on any atom is -0.507 e. The quantitative estimate of drug-likeness (QED) is 0.347. The number of aryl methyl sites for hydroxylation is 1. The maximum absolute atomic E-state index is 16.0. The summed E-state index contributed by atoms with van der Waals surface area (Å²) < 4.78 is 26.5. The van der Waals surface area contributed by atoms with E-state index in [1.54, 1.807) is 33.8 Å². The highest BCUT2D eigenvalue weighted by atomic mass is 19.1. The molecular weight excluding hydrogens is 485 g/mol. The largest absolute Gasteiger partial charge is 0.507 e. The van der Waals surface area contributed by atoms with Crippen molar-refractivity contribution in [3.8, 4) is 16.9 Å². The Morgan fingerprint density at radius 2 is 1.76 bits per heavy atom. The number of halogens is 1. The van der Waals surface area contributed by atoms with Gasteiger partial charge in [-0.25, -0.2) is 9.18 Å². The number of nitrogens with one attached hydrogen (secondary N) is 1. The third-order valence-corrected chi connectivity index (χ3v) is 7.34. The van der Waals surface area contributed by atoms with E-state index < -0.39 is 29.5 Å². The third-order valence-electron chi connectivity index (χ3n) is 7.34. The lowest BCUT2D eigenvalue weighted by Gasteiger charge is -2.25. The molecule has 206 valence electrons. The molecular formula is C31H40FNO5. The van der Waals surface area contributed by atoms with Crippen LogP contribution in [0.4, 0.5) is 9.18 Å². The Morgan fingerprint density at radius 3 is 2.34 bits per heavy atom. The minimum absolute atomic E-state index is 0.0682. The zero-order chi connectivity index (χ0) is 27.6. The molecule has 4 rings (SSSR count). The first-order valence-corrected chi connectivity index (χ1v) is 13.8. The highest BCUT2D eigenvalue weighted by Crippen LogP contribution is 2.46. The van der Waals surface area contributed by atoms with Gasteiger partial charge in [0.1, 0.15) is 17.2 Å². The van der Waals surface area contributed by atoms with E-state index in [4.69, 9.17) is 9.47 Å². The van der Waals surface area contributed by atoms with Crippen molar-refractivity contribution in [2.45, 2.75) is 103 Å². The molecule has 2 fully saturated rings. The van der Waals surface area contributed by atoms with E-state index in [1.807, 2.05) is 19.1 Å². The molecule has 2 aromatic rings. The maximum atomic E-state index is 16.0. The summed E-state index contributed by atoms with van der Waals surface area (Å²) in [5.41, 5.74) is 3.31. The Bertz CT molecular complexity index is 1170. The van der Waals surface area contributed by atoms with Gasteiger partial charge in [-0.3, -0.25) is 4.79 Å². The number of aromatic hydroxyl groups is 1. The molecule has 2 aliphatic carbocycles. The standard InChI is InChI=1S/C31H40FNO5/c1-6-37-27(35)17-25(33-30(36)38-31(3,4)5)24-15-22(14-23(29(24)32)20-11-12-20)28-18(2)13-21(16-26(28)34)19-9-7-8-10-19/h13-16,19-20,25,34H,6-12,17H2,1-5H3,(H,33,36)/t25-/m0/s1. The molecule has 38 heavy (non-hydrogen) atoms. The van der Waals surface area contributed by atoms with Gasteiger partial charge in [0.2, 0.25) is 0 Å². The lowest BCUT2D eigenvalue weighted by Crippen LogP contribution is -2.36. The smallest absolute Gasteiger partial charge is 0.408 e. The zero-order valence-corrected chi connectivity index (χ0v) is 23.2. The summed E-state index contributed by atoms with van der Waals surface area (Å²) in [5, 5.41) is 13.9. The molecule has 6 nitrogen and oxygen atoms in total. The summed E-state index contributed by atoms with van der Waals surface area (Å²) in [5.74, 6) is -0.314. The summed E-state index contributed by atoms with van der Waals surface area (Å²) in [6.45, 7) is 9.04. The van der Waals surface area contributed by atoms with E-state index in [-0.39, 0.29) is 30.3 Å². The normalized spacial score (nSPS) is 16.8. The van der Waals surface area contributed by atoms with Crippen LogP contribution in [-0.2, 0) is 14.3 Å². The fourth-order valence-electron chi connectivity index (χ4n) is 5.50. The van der Waals surface area contributed by atoms with Crippen LogP contribution >= 0.6 is 0 Å².